The SMILES string of the molecule is CC(CN1CCOCC1)N1CCC(O)CC1. The second kappa shape index (κ2) is 5.96. The van der Waals surface area contributed by atoms with Crippen LogP contribution in [-0.4, -0.2) is 73.0 Å². The molecule has 2 aliphatic heterocycles. The van der Waals surface area contributed by atoms with Crippen molar-refractivity contribution in [3.8, 4) is 0 Å². The van der Waals surface area contributed by atoms with Gasteiger partial charge in [0.2, 0.25) is 0 Å². The molecule has 94 valence electrons. The fourth-order valence-electron chi connectivity index (χ4n) is 2.60. The van der Waals surface area contributed by atoms with E-state index in [2.05, 4.69) is 16.7 Å². The molecule has 2 aliphatic rings. The molecule has 0 saturated carbocycles. The lowest BCUT2D eigenvalue weighted by Crippen LogP contribution is -2.49. The van der Waals surface area contributed by atoms with Gasteiger partial charge in [-0.05, 0) is 19.8 Å². The van der Waals surface area contributed by atoms with E-state index in [9.17, 15) is 5.11 Å². The lowest BCUT2D eigenvalue weighted by Gasteiger charge is -2.37. The molecule has 2 heterocycles. The maximum absolute atomic E-state index is 9.48. The molecule has 0 aromatic heterocycles. The molecule has 0 aromatic carbocycles. The highest BCUT2D eigenvalue weighted by molar-refractivity contribution is 4.78. The topological polar surface area (TPSA) is 35.9 Å². The van der Waals surface area contributed by atoms with Crippen LogP contribution < -0.4 is 0 Å². The Hall–Kier alpha value is -0.160. The second-order valence-electron chi connectivity index (χ2n) is 5.03. The molecule has 1 N–H and O–H groups in total. The summed E-state index contributed by atoms with van der Waals surface area (Å²) in [6.45, 7) is 9.43. The third-order valence-electron chi connectivity index (χ3n) is 3.75. The van der Waals surface area contributed by atoms with E-state index >= 15 is 0 Å². The minimum absolute atomic E-state index is 0.0631. The smallest absolute Gasteiger partial charge is 0.0594 e. The van der Waals surface area contributed by atoms with Crippen LogP contribution in [0.2, 0.25) is 0 Å². The number of ether oxygens (including phenoxy) is 1. The van der Waals surface area contributed by atoms with E-state index in [0.29, 0.717) is 6.04 Å². The number of aliphatic hydroxyl groups is 1. The summed E-state index contributed by atoms with van der Waals surface area (Å²) in [7, 11) is 0. The Kier molecular flexibility index (Phi) is 4.58. The van der Waals surface area contributed by atoms with Gasteiger partial charge in [0.25, 0.3) is 0 Å². The largest absolute Gasteiger partial charge is 0.393 e. The van der Waals surface area contributed by atoms with Crippen LogP contribution in [0.1, 0.15) is 19.8 Å². The number of aliphatic hydroxyl groups excluding tert-OH is 1. The lowest BCUT2D eigenvalue weighted by atomic mass is 10.1. The standard InChI is InChI=1S/C12H24N2O2/c1-11(10-13-6-8-16-9-7-13)14-4-2-12(15)3-5-14/h11-12,15H,2-10H2,1H3. The third-order valence-corrected chi connectivity index (χ3v) is 3.75. The zero-order valence-corrected chi connectivity index (χ0v) is 10.3. The molecule has 4 nitrogen and oxygen atoms in total. The predicted octanol–water partition coefficient (Wildman–Crippen LogP) is 0.164. The minimum Gasteiger partial charge on any atom is -0.393 e. The Morgan fingerprint density at radius 2 is 1.81 bits per heavy atom. The van der Waals surface area contributed by atoms with Gasteiger partial charge in [-0.1, -0.05) is 0 Å². The Labute approximate surface area is 98.2 Å². The van der Waals surface area contributed by atoms with E-state index in [1.165, 1.54) is 0 Å². The highest BCUT2D eigenvalue weighted by atomic mass is 16.5. The van der Waals surface area contributed by atoms with Crippen LogP contribution in [0, 0.1) is 0 Å². The summed E-state index contributed by atoms with van der Waals surface area (Å²) in [6, 6.07) is 0.602. The highest BCUT2D eigenvalue weighted by Gasteiger charge is 2.23. The van der Waals surface area contributed by atoms with Gasteiger partial charge in [-0.15, -0.1) is 0 Å². The van der Waals surface area contributed by atoms with Crippen molar-refractivity contribution < 1.29 is 9.84 Å². The third kappa shape index (κ3) is 3.42. The van der Waals surface area contributed by atoms with Crippen molar-refractivity contribution in [2.24, 2.45) is 0 Å². The van der Waals surface area contributed by atoms with Gasteiger partial charge < -0.3 is 9.84 Å². The fraction of sp³-hybridized carbons (Fsp3) is 1.00. The number of hydrogen-bond donors (Lipinski definition) is 1. The molecule has 2 rings (SSSR count). The summed E-state index contributed by atoms with van der Waals surface area (Å²) in [4.78, 5) is 4.99. The Balaban J connectivity index is 1.72. The van der Waals surface area contributed by atoms with Crippen LogP contribution in [0.5, 0.6) is 0 Å². The van der Waals surface area contributed by atoms with Crippen molar-refractivity contribution in [2.75, 3.05) is 45.9 Å². The van der Waals surface area contributed by atoms with Crippen molar-refractivity contribution in [1.82, 2.24) is 9.80 Å². The fourth-order valence-corrected chi connectivity index (χ4v) is 2.60. The lowest BCUT2D eigenvalue weighted by molar-refractivity contribution is 0.0135. The van der Waals surface area contributed by atoms with Gasteiger partial charge in [0.05, 0.1) is 19.3 Å². The number of morpholine rings is 1. The molecule has 2 saturated heterocycles. The van der Waals surface area contributed by atoms with E-state index in [4.69, 9.17) is 4.74 Å². The van der Waals surface area contributed by atoms with Gasteiger partial charge in [0.15, 0.2) is 0 Å². The van der Waals surface area contributed by atoms with Crippen LogP contribution >= 0.6 is 0 Å². The summed E-state index contributed by atoms with van der Waals surface area (Å²) in [5.41, 5.74) is 0. The van der Waals surface area contributed by atoms with E-state index in [1.807, 2.05) is 0 Å². The summed E-state index contributed by atoms with van der Waals surface area (Å²) in [5, 5.41) is 9.48. The van der Waals surface area contributed by atoms with Crippen molar-refractivity contribution in [1.29, 1.82) is 0 Å². The second-order valence-corrected chi connectivity index (χ2v) is 5.03. The first kappa shape index (κ1) is 12.3. The Morgan fingerprint density at radius 3 is 2.44 bits per heavy atom. The molecule has 0 aromatic rings. The maximum atomic E-state index is 9.48. The quantitative estimate of drug-likeness (QED) is 0.747. The van der Waals surface area contributed by atoms with Crippen molar-refractivity contribution >= 4 is 0 Å². The molecule has 1 atom stereocenters. The summed E-state index contributed by atoms with van der Waals surface area (Å²) >= 11 is 0. The number of likely N-dealkylation sites (tertiary alicyclic amines) is 1. The van der Waals surface area contributed by atoms with Crippen LogP contribution in [0.15, 0.2) is 0 Å². The van der Waals surface area contributed by atoms with E-state index in [0.717, 1.165) is 58.8 Å². The van der Waals surface area contributed by atoms with Gasteiger partial charge in [-0.25, -0.2) is 0 Å². The van der Waals surface area contributed by atoms with Crippen LogP contribution in [0.3, 0.4) is 0 Å². The van der Waals surface area contributed by atoms with Crippen LogP contribution in [-0.2, 0) is 4.74 Å². The molecule has 16 heavy (non-hydrogen) atoms. The first-order chi connectivity index (χ1) is 7.75. The Bertz CT molecular complexity index is 199. The monoisotopic (exact) mass is 228 g/mol. The van der Waals surface area contributed by atoms with Crippen LogP contribution in [0.4, 0.5) is 0 Å². The average Bonchev–Trinajstić information content (AvgIpc) is 2.31. The first-order valence-electron chi connectivity index (χ1n) is 6.48. The molecular formula is C12H24N2O2. The van der Waals surface area contributed by atoms with Gasteiger partial charge in [-0.3, -0.25) is 9.80 Å². The normalized spacial score (nSPS) is 28.1. The molecule has 1 unspecified atom stereocenters. The summed E-state index contributed by atoms with van der Waals surface area (Å²) in [5.74, 6) is 0. The van der Waals surface area contributed by atoms with Gasteiger partial charge >= 0.3 is 0 Å². The molecule has 2 fully saturated rings. The minimum atomic E-state index is -0.0631. The van der Waals surface area contributed by atoms with Gasteiger partial charge in [0, 0.05) is 38.8 Å². The molecule has 0 aliphatic carbocycles. The highest BCUT2D eigenvalue weighted by Crippen LogP contribution is 2.14. The van der Waals surface area contributed by atoms with Crippen molar-refractivity contribution in [3.63, 3.8) is 0 Å². The van der Waals surface area contributed by atoms with Gasteiger partial charge in [0.1, 0.15) is 0 Å². The summed E-state index contributed by atoms with van der Waals surface area (Å²) < 4.78 is 5.35. The summed E-state index contributed by atoms with van der Waals surface area (Å²) in [6.07, 6.45) is 1.81. The number of nitrogens with zero attached hydrogens (tertiary/aromatic N) is 2. The molecule has 4 heteroatoms. The van der Waals surface area contributed by atoms with Crippen molar-refractivity contribution in [2.45, 2.75) is 31.9 Å². The number of hydrogen-bond acceptors (Lipinski definition) is 4. The molecule has 0 spiro atoms. The number of piperidine rings is 1. The zero-order valence-electron chi connectivity index (χ0n) is 10.3. The van der Waals surface area contributed by atoms with Crippen LogP contribution in [0.25, 0.3) is 0 Å². The van der Waals surface area contributed by atoms with Crippen molar-refractivity contribution in [3.05, 3.63) is 0 Å². The average molecular weight is 228 g/mol. The zero-order chi connectivity index (χ0) is 11.4. The molecule has 0 bridgehead atoms. The maximum Gasteiger partial charge on any atom is 0.0594 e. The number of rotatable bonds is 3. The molecule has 0 radical (unpaired) electrons. The predicted molar refractivity (Wildman–Crippen MR) is 63.5 cm³/mol. The van der Waals surface area contributed by atoms with E-state index in [-0.39, 0.29) is 6.10 Å². The molecular weight excluding hydrogens is 204 g/mol. The van der Waals surface area contributed by atoms with E-state index < -0.39 is 0 Å². The first-order valence-corrected chi connectivity index (χ1v) is 6.48. The van der Waals surface area contributed by atoms with Gasteiger partial charge in [-0.2, -0.15) is 0 Å². The molecule has 0 amide bonds. The Morgan fingerprint density at radius 1 is 1.19 bits per heavy atom. The van der Waals surface area contributed by atoms with E-state index in [1.54, 1.807) is 0 Å².